The summed E-state index contributed by atoms with van der Waals surface area (Å²) in [6.45, 7) is 9.77. The Balaban J connectivity index is 1.58. The van der Waals surface area contributed by atoms with E-state index in [1.54, 1.807) is 6.07 Å². The van der Waals surface area contributed by atoms with E-state index in [2.05, 4.69) is 46.2 Å². The SMILES string of the molecule is CCOC(=O)C1CCN(C(c2cc3cc4c(cc3[nH]c2=O)OCO4)c2nnnn2C(C)(C)CC)CC1. The monoisotopic (exact) mass is 496 g/mol. The van der Waals surface area contributed by atoms with Crippen LogP contribution in [0.3, 0.4) is 0 Å². The van der Waals surface area contributed by atoms with Crippen LogP contribution in [0.1, 0.15) is 64.4 Å². The Labute approximate surface area is 208 Å². The fraction of sp³-hybridized carbons (Fsp3) is 0.560. The van der Waals surface area contributed by atoms with Crippen molar-refractivity contribution in [3.8, 4) is 11.5 Å². The number of hydrogen-bond donors (Lipinski definition) is 1. The average Bonchev–Trinajstić information content (AvgIpc) is 3.54. The van der Waals surface area contributed by atoms with Crippen LogP contribution < -0.4 is 15.0 Å². The number of nitrogens with one attached hydrogen (secondary N) is 1. The van der Waals surface area contributed by atoms with Gasteiger partial charge in [0.25, 0.3) is 5.56 Å². The van der Waals surface area contributed by atoms with Crippen LogP contribution in [0.25, 0.3) is 10.9 Å². The molecule has 3 aromatic rings. The molecule has 11 nitrogen and oxygen atoms in total. The number of pyridine rings is 1. The Kier molecular flexibility index (Phi) is 6.42. The van der Waals surface area contributed by atoms with Crippen LogP contribution >= 0.6 is 0 Å². The van der Waals surface area contributed by atoms with Crippen LogP contribution in [0.2, 0.25) is 0 Å². The average molecular weight is 497 g/mol. The molecule has 11 heteroatoms. The summed E-state index contributed by atoms with van der Waals surface area (Å²) in [5.74, 6) is 1.54. The molecule has 0 saturated carbocycles. The molecule has 5 rings (SSSR count). The van der Waals surface area contributed by atoms with Gasteiger partial charge in [0.15, 0.2) is 17.3 Å². The molecule has 0 spiro atoms. The normalized spacial score (nSPS) is 17.4. The summed E-state index contributed by atoms with van der Waals surface area (Å²) in [7, 11) is 0. The van der Waals surface area contributed by atoms with Gasteiger partial charge in [-0.2, -0.15) is 0 Å². The topological polar surface area (TPSA) is 124 Å². The van der Waals surface area contributed by atoms with Gasteiger partial charge in [-0.1, -0.05) is 6.92 Å². The summed E-state index contributed by atoms with van der Waals surface area (Å²) in [6.07, 6.45) is 2.08. The molecule has 2 aromatic heterocycles. The van der Waals surface area contributed by atoms with E-state index < -0.39 is 6.04 Å². The first kappa shape index (κ1) is 24.2. The zero-order chi connectivity index (χ0) is 25.4. The lowest BCUT2D eigenvalue weighted by molar-refractivity contribution is -0.149. The van der Waals surface area contributed by atoms with Gasteiger partial charge in [0.1, 0.15) is 6.04 Å². The summed E-state index contributed by atoms with van der Waals surface area (Å²) in [5.41, 5.74) is 0.638. The fourth-order valence-corrected chi connectivity index (χ4v) is 4.91. The van der Waals surface area contributed by atoms with Gasteiger partial charge in [-0.25, -0.2) is 4.68 Å². The fourth-order valence-electron chi connectivity index (χ4n) is 4.91. The smallest absolute Gasteiger partial charge is 0.309 e. The maximum Gasteiger partial charge on any atom is 0.309 e. The van der Waals surface area contributed by atoms with Crippen LogP contribution in [0.5, 0.6) is 11.5 Å². The molecular weight excluding hydrogens is 464 g/mol. The summed E-state index contributed by atoms with van der Waals surface area (Å²) < 4.78 is 18.1. The van der Waals surface area contributed by atoms with Crippen molar-refractivity contribution in [1.29, 1.82) is 0 Å². The van der Waals surface area contributed by atoms with Gasteiger partial charge in [0.2, 0.25) is 6.79 Å². The number of likely N-dealkylation sites (tertiary alicyclic amines) is 1. The zero-order valence-electron chi connectivity index (χ0n) is 21.1. The molecule has 0 bridgehead atoms. The van der Waals surface area contributed by atoms with Crippen molar-refractivity contribution in [2.75, 3.05) is 26.5 Å². The van der Waals surface area contributed by atoms with Gasteiger partial charge in [0, 0.05) is 30.1 Å². The van der Waals surface area contributed by atoms with Gasteiger partial charge >= 0.3 is 5.97 Å². The number of H-pyrrole nitrogens is 1. The van der Waals surface area contributed by atoms with E-state index in [1.165, 1.54) is 0 Å². The quantitative estimate of drug-likeness (QED) is 0.492. The predicted octanol–water partition coefficient (Wildman–Crippen LogP) is 2.75. The highest BCUT2D eigenvalue weighted by atomic mass is 16.7. The number of aromatic amines is 1. The minimum atomic E-state index is -0.493. The molecule has 1 saturated heterocycles. The van der Waals surface area contributed by atoms with Crippen LogP contribution in [0.4, 0.5) is 0 Å². The first-order chi connectivity index (χ1) is 17.3. The first-order valence-corrected chi connectivity index (χ1v) is 12.5. The standard InChI is InChI=1S/C25H32N6O5/c1-5-25(3,4)31-22(27-28-29-31)21(30-9-7-15(8-10-30)24(33)34-6-2)17-11-16-12-19-20(36-14-35-19)13-18(16)26-23(17)32/h11-13,15,21H,5-10,14H2,1-4H3,(H,26,32). The van der Waals surface area contributed by atoms with E-state index >= 15 is 0 Å². The molecule has 2 aliphatic rings. The van der Waals surface area contributed by atoms with Gasteiger partial charge in [-0.3, -0.25) is 14.5 Å². The van der Waals surface area contributed by atoms with Crippen molar-refractivity contribution in [3.05, 3.63) is 39.9 Å². The largest absolute Gasteiger partial charge is 0.466 e. The van der Waals surface area contributed by atoms with Crippen LogP contribution in [-0.2, 0) is 15.1 Å². The van der Waals surface area contributed by atoms with E-state index in [0.29, 0.717) is 60.9 Å². The lowest BCUT2D eigenvalue weighted by Crippen LogP contribution is -2.43. The molecular formula is C25H32N6O5. The van der Waals surface area contributed by atoms with Crippen LogP contribution in [0, 0.1) is 5.92 Å². The number of ether oxygens (including phenoxy) is 3. The number of carbonyl (C=O) groups excluding carboxylic acids is 1. The second-order valence-electron chi connectivity index (χ2n) is 9.93. The number of tetrazole rings is 1. The Morgan fingerprint density at radius 3 is 2.61 bits per heavy atom. The second-order valence-corrected chi connectivity index (χ2v) is 9.93. The Morgan fingerprint density at radius 2 is 1.92 bits per heavy atom. The Bertz CT molecular complexity index is 1320. The molecule has 1 unspecified atom stereocenters. The van der Waals surface area contributed by atoms with Crippen molar-refractivity contribution < 1.29 is 19.0 Å². The Hall–Kier alpha value is -3.47. The minimum Gasteiger partial charge on any atom is -0.466 e. The lowest BCUT2D eigenvalue weighted by atomic mass is 9.93. The van der Waals surface area contributed by atoms with E-state index in [1.807, 2.05) is 23.7 Å². The Morgan fingerprint density at radius 1 is 1.19 bits per heavy atom. The van der Waals surface area contributed by atoms with Crippen molar-refractivity contribution in [1.82, 2.24) is 30.1 Å². The van der Waals surface area contributed by atoms with Crippen molar-refractivity contribution in [3.63, 3.8) is 0 Å². The third-order valence-electron chi connectivity index (χ3n) is 7.35. The third kappa shape index (κ3) is 4.32. The van der Waals surface area contributed by atoms with Crippen molar-refractivity contribution in [2.45, 2.75) is 58.5 Å². The maximum absolute atomic E-state index is 13.5. The molecule has 0 radical (unpaired) electrons. The molecule has 1 fully saturated rings. The number of esters is 1. The van der Waals surface area contributed by atoms with Crippen molar-refractivity contribution in [2.24, 2.45) is 5.92 Å². The molecule has 2 aliphatic heterocycles. The van der Waals surface area contributed by atoms with Gasteiger partial charge in [0.05, 0.1) is 23.6 Å². The number of fused-ring (bicyclic) bond motifs is 2. The lowest BCUT2D eigenvalue weighted by Gasteiger charge is -2.37. The van der Waals surface area contributed by atoms with Crippen LogP contribution in [0.15, 0.2) is 23.0 Å². The number of rotatable bonds is 7. The molecule has 1 atom stereocenters. The maximum atomic E-state index is 13.5. The van der Waals surface area contributed by atoms with Gasteiger partial charge in [-0.15, -0.1) is 5.10 Å². The number of carbonyl (C=O) groups is 1. The summed E-state index contributed by atoms with van der Waals surface area (Å²) in [6, 6.07) is 5.05. The highest BCUT2D eigenvalue weighted by molar-refractivity contribution is 5.83. The van der Waals surface area contributed by atoms with Crippen molar-refractivity contribution >= 4 is 16.9 Å². The van der Waals surface area contributed by atoms with E-state index in [-0.39, 0.29) is 29.8 Å². The summed E-state index contributed by atoms with van der Waals surface area (Å²) in [5, 5.41) is 13.6. The van der Waals surface area contributed by atoms with E-state index in [9.17, 15) is 9.59 Å². The van der Waals surface area contributed by atoms with E-state index in [4.69, 9.17) is 14.2 Å². The molecule has 0 amide bonds. The van der Waals surface area contributed by atoms with Crippen LogP contribution in [-0.4, -0.2) is 62.5 Å². The molecule has 192 valence electrons. The molecule has 1 N–H and O–H groups in total. The number of piperidine rings is 1. The van der Waals surface area contributed by atoms with Gasteiger partial charge in [-0.05, 0) is 62.6 Å². The van der Waals surface area contributed by atoms with Gasteiger partial charge < -0.3 is 19.2 Å². The number of hydrogen-bond acceptors (Lipinski definition) is 9. The summed E-state index contributed by atoms with van der Waals surface area (Å²) in [4.78, 5) is 31.0. The molecule has 1 aromatic carbocycles. The third-order valence-corrected chi connectivity index (χ3v) is 7.35. The number of aromatic nitrogens is 5. The highest BCUT2D eigenvalue weighted by Gasteiger charge is 2.37. The summed E-state index contributed by atoms with van der Waals surface area (Å²) >= 11 is 0. The first-order valence-electron chi connectivity index (χ1n) is 12.5. The number of benzene rings is 1. The predicted molar refractivity (Wildman–Crippen MR) is 131 cm³/mol. The zero-order valence-corrected chi connectivity index (χ0v) is 21.1. The second kappa shape index (κ2) is 9.53. The molecule has 36 heavy (non-hydrogen) atoms. The molecule has 4 heterocycles. The molecule has 0 aliphatic carbocycles. The van der Waals surface area contributed by atoms with E-state index in [0.717, 1.165) is 11.8 Å². The highest BCUT2D eigenvalue weighted by Crippen LogP contribution is 2.37. The minimum absolute atomic E-state index is 0.153. The number of nitrogens with zero attached hydrogens (tertiary/aromatic N) is 5.